The first-order chi connectivity index (χ1) is 8.56. The van der Waals surface area contributed by atoms with Crippen LogP contribution in [0, 0.1) is 0 Å². The number of carbonyl (C=O) groups is 1. The third-order valence-electron chi connectivity index (χ3n) is 2.17. The fourth-order valence-corrected chi connectivity index (χ4v) is 2.34. The van der Waals surface area contributed by atoms with Crippen LogP contribution in [-0.2, 0) is 0 Å². The zero-order chi connectivity index (χ0) is 13.1. The highest BCUT2D eigenvalue weighted by Gasteiger charge is 2.11. The van der Waals surface area contributed by atoms with Crippen molar-refractivity contribution < 1.29 is 4.79 Å². The van der Waals surface area contributed by atoms with E-state index in [1.54, 1.807) is 12.1 Å². The van der Waals surface area contributed by atoms with E-state index in [9.17, 15) is 4.79 Å². The molecule has 0 atom stereocenters. The van der Waals surface area contributed by atoms with Crippen LogP contribution in [0.2, 0.25) is 5.02 Å². The van der Waals surface area contributed by atoms with Gasteiger partial charge in [-0.05, 0) is 30.3 Å². The summed E-state index contributed by atoms with van der Waals surface area (Å²) < 4.78 is 0. The Hall–Kier alpha value is -1.72. The molecule has 0 unspecified atom stereocenters. The molecule has 0 aliphatic carbocycles. The molecule has 0 spiro atoms. The van der Waals surface area contributed by atoms with Crippen LogP contribution in [0.15, 0.2) is 46.5 Å². The van der Waals surface area contributed by atoms with E-state index >= 15 is 0 Å². The van der Waals surface area contributed by atoms with Gasteiger partial charge in [0.05, 0.1) is 17.4 Å². The van der Waals surface area contributed by atoms with Crippen molar-refractivity contribution in [2.75, 3.05) is 5.73 Å². The molecule has 4 nitrogen and oxygen atoms in total. The first-order valence-corrected chi connectivity index (χ1v) is 6.24. The Balaban J connectivity index is 2.34. The summed E-state index contributed by atoms with van der Waals surface area (Å²) in [5.41, 5.74) is 11.6. The normalized spacial score (nSPS) is 10.3. The zero-order valence-corrected chi connectivity index (χ0v) is 10.8. The maximum absolute atomic E-state index is 11.3. The predicted octanol–water partition coefficient (Wildman–Crippen LogP) is 2.57. The van der Waals surface area contributed by atoms with Crippen molar-refractivity contribution in [2.24, 2.45) is 5.73 Å². The van der Waals surface area contributed by atoms with Gasteiger partial charge in [0.2, 0.25) is 0 Å². The van der Waals surface area contributed by atoms with E-state index in [0.29, 0.717) is 21.3 Å². The lowest BCUT2D eigenvalue weighted by atomic mass is 10.2. The van der Waals surface area contributed by atoms with Gasteiger partial charge in [0.15, 0.2) is 0 Å². The molecule has 0 aliphatic heterocycles. The number of nitrogen functional groups attached to an aromatic ring is 1. The Morgan fingerprint density at radius 3 is 2.56 bits per heavy atom. The fraction of sp³-hybridized carbons (Fsp3) is 0. The molecule has 4 N–H and O–H groups in total. The SMILES string of the molecule is NC(=O)c1cc(N)cnc1Sc1ccc(Cl)cc1. The van der Waals surface area contributed by atoms with Crippen LogP contribution >= 0.6 is 23.4 Å². The Morgan fingerprint density at radius 1 is 1.28 bits per heavy atom. The molecule has 0 radical (unpaired) electrons. The molecule has 0 aliphatic rings. The van der Waals surface area contributed by atoms with Gasteiger partial charge in [-0.2, -0.15) is 0 Å². The second-order valence-electron chi connectivity index (χ2n) is 3.54. The van der Waals surface area contributed by atoms with Crippen molar-refractivity contribution in [3.8, 4) is 0 Å². The molecule has 0 saturated heterocycles. The van der Waals surface area contributed by atoms with Gasteiger partial charge >= 0.3 is 0 Å². The lowest BCUT2D eigenvalue weighted by Gasteiger charge is -2.06. The van der Waals surface area contributed by atoms with Gasteiger partial charge in [-0.15, -0.1) is 0 Å². The highest BCUT2D eigenvalue weighted by molar-refractivity contribution is 7.99. The smallest absolute Gasteiger partial charge is 0.251 e. The molecule has 2 rings (SSSR count). The number of anilines is 1. The minimum absolute atomic E-state index is 0.315. The molecular weight excluding hydrogens is 270 g/mol. The summed E-state index contributed by atoms with van der Waals surface area (Å²) in [4.78, 5) is 16.3. The maximum Gasteiger partial charge on any atom is 0.251 e. The van der Waals surface area contributed by atoms with Crippen LogP contribution in [0.4, 0.5) is 5.69 Å². The lowest BCUT2D eigenvalue weighted by molar-refractivity contribution is 0.0997. The molecule has 6 heteroatoms. The summed E-state index contributed by atoms with van der Waals surface area (Å²) in [5.74, 6) is -0.550. The summed E-state index contributed by atoms with van der Waals surface area (Å²) >= 11 is 7.14. The third kappa shape index (κ3) is 2.94. The predicted molar refractivity (Wildman–Crippen MR) is 72.7 cm³/mol. The van der Waals surface area contributed by atoms with E-state index < -0.39 is 5.91 Å². The van der Waals surface area contributed by atoms with Crippen LogP contribution in [-0.4, -0.2) is 10.9 Å². The first-order valence-electron chi connectivity index (χ1n) is 5.05. The largest absolute Gasteiger partial charge is 0.397 e. The van der Waals surface area contributed by atoms with E-state index in [1.165, 1.54) is 24.0 Å². The second kappa shape index (κ2) is 5.29. The second-order valence-corrected chi connectivity index (χ2v) is 5.04. The zero-order valence-electron chi connectivity index (χ0n) is 9.26. The standard InChI is InChI=1S/C12H10ClN3OS/c13-7-1-3-9(4-2-7)18-12-10(11(15)17)5-8(14)6-16-12/h1-6H,14H2,(H2,15,17). The molecule has 92 valence electrons. The number of carbonyl (C=O) groups excluding carboxylic acids is 1. The van der Waals surface area contributed by atoms with Gasteiger partial charge in [0.25, 0.3) is 5.91 Å². The van der Waals surface area contributed by atoms with Crippen LogP contribution < -0.4 is 11.5 Å². The molecule has 1 aromatic heterocycles. The molecule has 1 amide bonds. The number of benzene rings is 1. The van der Waals surface area contributed by atoms with Gasteiger partial charge < -0.3 is 11.5 Å². The average Bonchev–Trinajstić information content (AvgIpc) is 2.34. The number of hydrogen-bond donors (Lipinski definition) is 2. The molecule has 0 bridgehead atoms. The van der Waals surface area contributed by atoms with Gasteiger partial charge in [-0.25, -0.2) is 4.98 Å². The van der Waals surface area contributed by atoms with Gasteiger partial charge in [-0.1, -0.05) is 23.4 Å². The van der Waals surface area contributed by atoms with Crippen molar-refractivity contribution in [3.63, 3.8) is 0 Å². The lowest BCUT2D eigenvalue weighted by Crippen LogP contribution is -2.13. The third-order valence-corrected chi connectivity index (χ3v) is 3.44. The molecule has 1 aromatic carbocycles. The molecule has 2 aromatic rings. The number of aromatic nitrogens is 1. The van der Waals surface area contributed by atoms with E-state index in [4.69, 9.17) is 23.1 Å². The average molecular weight is 280 g/mol. The van der Waals surface area contributed by atoms with Crippen molar-refractivity contribution in [1.82, 2.24) is 4.98 Å². The summed E-state index contributed by atoms with van der Waals surface area (Å²) in [7, 11) is 0. The minimum atomic E-state index is -0.550. The van der Waals surface area contributed by atoms with Crippen LogP contribution in [0.3, 0.4) is 0 Å². The molecule has 0 saturated carbocycles. The van der Waals surface area contributed by atoms with E-state index in [0.717, 1.165) is 4.90 Å². The summed E-state index contributed by atoms with van der Waals surface area (Å²) in [5, 5.41) is 1.18. The number of amides is 1. The number of halogens is 1. The number of nitrogens with two attached hydrogens (primary N) is 2. The number of hydrogen-bond acceptors (Lipinski definition) is 4. The highest BCUT2D eigenvalue weighted by Crippen LogP contribution is 2.30. The van der Waals surface area contributed by atoms with Gasteiger partial charge in [0, 0.05) is 9.92 Å². The quantitative estimate of drug-likeness (QED) is 0.905. The number of rotatable bonds is 3. The van der Waals surface area contributed by atoms with Crippen LogP contribution in [0.1, 0.15) is 10.4 Å². The van der Waals surface area contributed by atoms with Gasteiger partial charge in [0.1, 0.15) is 5.03 Å². The molecule has 18 heavy (non-hydrogen) atoms. The first kappa shape index (κ1) is 12.7. The fourth-order valence-electron chi connectivity index (χ4n) is 1.34. The van der Waals surface area contributed by atoms with E-state index in [2.05, 4.69) is 4.98 Å². The monoisotopic (exact) mass is 279 g/mol. The number of nitrogens with zero attached hydrogens (tertiary/aromatic N) is 1. The minimum Gasteiger partial charge on any atom is -0.397 e. The summed E-state index contributed by atoms with van der Waals surface area (Å²) in [6, 6.07) is 8.75. The van der Waals surface area contributed by atoms with E-state index in [1.807, 2.05) is 12.1 Å². The topological polar surface area (TPSA) is 82.0 Å². The molecule has 0 fully saturated rings. The van der Waals surface area contributed by atoms with Gasteiger partial charge in [-0.3, -0.25) is 4.79 Å². The summed E-state index contributed by atoms with van der Waals surface area (Å²) in [6.07, 6.45) is 1.49. The van der Waals surface area contributed by atoms with Crippen molar-refractivity contribution in [1.29, 1.82) is 0 Å². The van der Waals surface area contributed by atoms with Crippen molar-refractivity contribution >= 4 is 35.0 Å². The Labute approximate surface area is 113 Å². The van der Waals surface area contributed by atoms with Crippen LogP contribution in [0.5, 0.6) is 0 Å². The summed E-state index contributed by atoms with van der Waals surface area (Å²) in [6.45, 7) is 0. The maximum atomic E-state index is 11.3. The van der Waals surface area contributed by atoms with Crippen molar-refractivity contribution in [2.45, 2.75) is 9.92 Å². The Morgan fingerprint density at radius 2 is 1.94 bits per heavy atom. The Kier molecular flexibility index (Phi) is 3.74. The highest BCUT2D eigenvalue weighted by atomic mass is 35.5. The molecule has 1 heterocycles. The molecular formula is C12H10ClN3OS. The van der Waals surface area contributed by atoms with E-state index in [-0.39, 0.29) is 0 Å². The van der Waals surface area contributed by atoms with Crippen LogP contribution in [0.25, 0.3) is 0 Å². The Bertz CT molecular complexity index is 586. The van der Waals surface area contributed by atoms with Crippen molar-refractivity contribution in [3.05, 3.63) is 47.1 Å². The number of pyridine rings is 1. The number of primary amides is 1.